The molecule has 0 aliphatic rings. The highest BCUT2D eigenvalue weighted by Crippen LogP contribution is 1.64. The van der Waals surface area contributed by atoms with Crippen LogP contribution in [0, 0.1) is 11.3 Å². The second kappa shape index (κ2) is 2.82. The Morgan fingerprint density at radius 1 is 2.00 bits per heavy atom. The molecule has 0 aromatic rings. The molecule has 0 radical (unpaired) electrons. The van der Waals surface area contributed by atoms with Crippen LogP contribution >= 0.6 is 0 Å². The van der Waals surface area contributed by atoms with Crippen molar-refractivity contribution in [1.29, 1.82) is 5.26 Å². The molecule has 6 heavy (non-hydrogen) atoms. The molecule has 0 fully saturated rings. The van der Waals surface area contributed by atoms with Crippen molar-refractivity contribution in [2.75, 3.05) is 5.75 Å². The predicted octanol–water partition coefficient (Wildman–Crippen LogP) is -0.268. The Morgan fingerprint density at radius 3 is 2.50 bits per heavy atom. The van der Waals surface area contributed by atoms with Crippen LogP contribution < -0.4 is 0 Å². The molecule has 0 aromatic heterocycles. The van der Waals surface area contributed by atoms with E-state index >= 15 is 0 Å². The third-order valence-corrected chi connectivity index (χ3v) is 0.564. The van der Waals surface area contributed by atoms with Crippen LogP contribution in [0.1, 0.15) is 0 Å². The van der Waals surface area contributed by atoms with E-state index in [1.54, 1.807) is 0 Å². The zero-order valence-corrected chi connectivity index (χ0v) is 3.73. The van der Waals surface area contributed by atoms with Gasteiger partial charge in [-0.15, -0.1) is 0 Å². The summed E-state index contributed by atoms with van der Waals surface area (Å²) in [5.74, 6) is -0.292. The molecular formula is C2H3NO2S. The molecule has 1 atom stereocenters. The number of hydrogen-bond donors (Lipinski definition) is 1. The maximum Gasteiger partial charge on any atom is 0.167 e. The van der Waals surface area contributed by atoms with Crippen molar-refractivity contribution in [2.24, 2.45) is 0 Å². The van der Waals surface area contributed by atoms with Crippen LogP contribution in [0.2, 0.25) is 0 Å². The highest BCUT2D eigenvalue weighted by molar-refractivity contribution is 7.79. The van der Waals surface area contributed by atoms with Gasteiger partial charge in [0.15, 0.2) is 11.1 Å². The zero-order chi connectivity index (χ0) is 4.99. The van der Waals surface area contributed by atoms with E-state index in [9.17, 15) is 4.21 Å². The molecule has 0 amide bonds. The fourth-order valence-corrected chi connectivity index (χ4v) is 0.166. The van der Waals surface area contributed by atoms with Crippen LogP contribution in [-0.4, -0.2) is 14.5 Å². The molecule has 4 heteroatoms. The monoisotopic (exact) mass is 105 g/mol. The van der Waals surface area contributed by atoms with E-state index < -0.39 is 11.1 Å². The molecule has 1 unspecified atom stereocenters. The van der Waals surface area contributed by atoms with Gasteiger partial charge in [-0.2, -0.15) is 5.26 Å². The van der Waals surface area contributed by atoms with Gasteiger partial charge in [-0.25, -0.2) is 4.21 Å². The first kappa shape index (κ1) is 5.60. The Morgan fingerprint density at radius 2 is 2.50 bits per heavy atom. The van der Waals surface area contributed by atoms with Crippen LogP contribution in [0.4, 0.5) is 0 Å². The third-order valence-electron chi connectivity index (χ3n) is 0.188. The highest BCUT2D eigenvalue weighted by Gasteiger charge is 1.83. The molecule has 34 valence electrons. The maximum atomic E-state index is 9.49. The average Bonchev–Trinajstić information content (AvgIpc) is 1.35. The van der Waals surface area contributed by atoms with E-state index in [4.69, 9.17) is 9.81 Å². The minimum atomic E-state index is -1.93. The molecule has 0 spiro atoms. The van der Waals surface area contributed by atoms with E-state index in [0.29, 0.717) is 0 Å². The lowest BCUT2D eigenvalue weighted by molar-refractivity contribution is 0.568. The van der Waals surface area contributed by atoms with Gasteiger partial charge in [0.25, 0.3) is 0 Å². The van der Waals surface area contributed by atoms with Gasteiger partial charge in [0.2, 0.25) is 0 Å². The summed E-state index contributed by atoms with van der Waals surface area (Å²) in [6.07, 6.45) is 0. The summed E-state index contributed by atoms with van der Waals surface area (Å²) in [7, 11) is 0. The summed E-state index contributed by atoms with van der Waals surface area (Å²) in [4.78, 5) is 0. The first-order valence-corrected chi connectivity index (χ1v) is 2.49. The Labute approximate surface area is 37.9 Å². The zero-order valence-electron chi connectivity index (χ0n) is 2.92. The van der Waals surface area contributed by atoms with Crippen molar-refractivity contribution >= 4 is 11.1 Å². The van der Waals surface area contributed by atoms with Crippen LogP contribution in [-0.2, 0) is 11.1 Å². The largest absolute Gasteiger partial charge is 0.305 e. The second-order valence-electron chi connectivity index (χ2n) is 0.624. The minimum absolute atomic E-state index is 0.292. The molecule has 0 saturated carbocycles. The lowest BCUT2D eigenvalue weighted by atomic mass is 10.9. The molecule has 0 heterocycles. The van der Waals surface area contributed by atoms with Gasteiger partial charge in [0, 0.05) is 0 Å². The fraction of sp³-hybridized carbons (Fsp3) is 0.500. The Bertz CT molecular complexity index is 94.2. The van der Waals surface area contributed by atoms with Crippen molar-refractivity contribution < 1.29 is 8.76 Å². The van der Waals surface area contributed by atoms with Crippen LogP contribution in [0.15, 0.2) is 0 Å². The fourth-order valence-electron chi connectivity index (χ4n) is 0.0552. The van der Waals surface area contributed by atoms with E-state index in [1.165, 1.54) is 6.07 Å². The van der Waals surface area contributed by atoms with Crippen molar-refractivity contribution in [3.8, 4) is 6.07 Å². The number of hydrogen-bond acceptors (Lipinski definition) is 2. The molecule has 0 aliphatic heterocycles. The second-order valence-corrected chi connectivity index (χ2v) is 1.56. The molecule has 0 saturated heterocycles. The average molecular weight is 105 g/mol. The maximum absolute atomic E-state index is 9.49. The van der Waals surface area contributed by atoms with E-state index in [1.807, 2.05) is 0 Å². The highest BCUT2D eigenvalue weighted by atomic mass is 32.2. The quantitative estimate of drug-likeness (QED) is 0.467. The minimum Gasteiger partial charge on any atom is -0.305 e. The molecule has 1 N–H and O–H groups in total. The standard InChI is InChI=1S/C2H3NO2S/c3-1-2-6(4)5/h2H2,(H,4,5). The topological polar surface area (TPSA) is 61.1 Å². The number of nitrogens with zero attached hydrogens (tertiary/aromatic N) is 1. The van der Waals surface area contributed by atoms with E-state index in [-0.39, 0.29) is 5.75 Å². The predicted molar refractivity (Wildman–Crippen MR) is 21.3 cm³/mol. The lowest BCUT2D eigenvalue weighted by Gasteiger charge is -1.71. The molecular weight excluding hydrogens is 102 g/mol. The molecule has 0 bridgehead atoms. The SMILES string of the molecule is N#CCS(=O)O. The summed E-state index contributed by atoms with van der Waals surface area (Å²) in [6.45, 7) is 0. The molecule has 0 aliphatic carbocycles. The van der Waals surface area contributed by atoms with Crippen LogP contribution in [0.3, 0.4) is 0 Å². The van der Waals surface area contributed by atoms with Gasteiger partial charge in [-0.3, -0.25) is 0 Å². The smallest absolute Gasteiger partial charge is 0.167 e. The summed E-state index contributed by atoms with van der Waals surface area (Å²) in [6, 6.07) is 1.52. The van der Waals surface area contributed by atoms with Gasteiger partial charge in [0.05, 0.1) is 6.07 Å². The van der Waals surface area contributed by atoms with Gasteiger partial charge >= 0.3 is 0 Å². The van der Waals surface area contributed by atoms with Gasteiger partial charge < -0.3 is 4.55 Å². The van der Waals surface area contributed by atoms with Crippen LogP contribution in [0.5, 0.6) is 0 Å². The first-order valence-electron chi connectivity index (χ1n) is 1.22. The van der Waals surface area contributed by atoms with E-state index in [0.717, 1.165) is 0 Å². The van der Waals surface area contributed by atoms with Crippen molar-refractivity contribution in [2.45, 2.75) is 0 Å². The third kappa shape index (κ3) is 3.60. The lowest BCUT2D eigenvalue weighted by Crippen LogP contribution is -1.88. The van der Waals surface area contributed by atoms with Gasteiger partial charge in [0.1, 0.15) is 5.75 Å². The van der Waals surface area contributed by atoms with Crippen molar-refractivity contribution in [3.05, 3.63) is 0 Å². The van der Waals surface area contributed by atoms with Crippen molar-refractivity contribution in [3.63, 3.8) is 0 Å². The number of nitriles is 1. The molecule has 0 rings (SSSR count). The van der Waals surface area contributed by atoms with Crippen LogP contribution in [0.25, 0.3) is 0 Å². The van der Waals surface area contributed by atoms with Gasteiger partial charge in [-0.1, -0.05) is 0 Å². The summed E-state index contributed by atoms with van der Waals surface area (Å²) in [5.41, 5.74) is 0. The Hall–Kier alpha value is -0.400. The normalized spacial score (nSPS) is 12.7. The summed E-state index contributed by atoms with van der Waals surface area (Å²) in [5, 5.41) is 7.63. The summed E-state index contributed by atoms with van der Waals surface area (Å²) < 4.78 is 17.3. The first-order chi connectivity index (χ1) is 2.77. The van der Waals surface area contributed by atoms with Gasteiger partial charge in [-0.05, 0) is 0 Å². The van der Waals surface area contributed by atoms with E-state index in [2.05, 4.69) is 0 Å². The van der Waals surface area contributed by atoms with Crippen molar-refractivity contribution in [1.82, 2.24) is 0 Å². The molecule has 0 aromatic carbocycles. The number of rotatable bonds is 1. The summed E-state index contributed by atoms with van der Waals surface area (Å²) >= 11 is -1.93. The Balaban J connectivity index is 3.13. The Kier molecular flexibility index (Phi) is 2.63. The molecule has 3 nitrogen and oxygen atoms in total.